The number of carbonyl (C=O) groups is 2. The van der Waals surface area contributed by atoms with Crippen LogP contribution in [-0.4, -0.2) is 43.1 Å². The number of rotatable bonds is 9. The fraction of sp³-hybridized carbons (Fsp3) is 0.167. The summed E-state index contributed by atoms with van der Waals surface area (Å²) in [6, 6.07) is 17.2. The highest BCUT2D eigenvalue weighted by Crippen LogP contribution is 2.36. The van der Waals surface area contributed by atoms with Crippen LogP contribution >= 0.6 is 34.4 Å². The van der Waals surface area contributed by atoms with Crippen LogP contribution in [0, 0.1) is 5.82 Å². The van der Waals surface area contributed by atoms with Crippen molar-refractivity contribution in [2.75, 3.05) is 5.75 Å². The number of hydrogen-bond donors (Lipinski definition) is 1. The number of hydrogen-bond acceptors (Lipinski definition) is 8. The van der Waals surface area contributed by atoms with E-state index in [2.05, 4.69) is 20.6 Å². The molecule has 2 aromatic carbocycles. The van der Waals surface area contributed by atoms with Gasteiger partial charge in [0.05, 0.1) is 45.1 Å². The molecule has 5 aromatic rings. The second-order valence-electron chi connectivity index (χ2n) is 9.76. The van der Waals surface area contributed by atoms with E-state index >= 15 is 0 Å². The number of thioether (sulfide) groups is 1. The zero-order valence-corrected chi connectivity index (χ0v) is 25.5. The van der Waals surface area contributed by atoms with Gasteiger partial charge in [-0.1, -0.05) is 42.1 Å². The lowest BCUT2D eigenvalue weighted by Gasteiger charge is -2.22. The third-order valence-electron chi connectivity index (χ3n) is 6.84. The van der Waals surface area contributed by atoms with Gasteiger partial charge < -0.3 is 5.32 Å². The Labute approximate surface area is 266 Å². The zero-order chi connectivity index (χ0) is 31.6. The van der Waals surface area contributed by atoms with Gasteiger partial charge in [-0.25, -0.2) is 9.40 Å². The SMILES string of the molecule is O=C(NCc1nnc(SCC(=O)N2N=C(c3cccs3)CC2c2ccc(F)cc2)n1-c1cccc(C(F)(F)F)c1)c1cccs1. The largest absolute Gasteiger partial charge is 0.416 e. The molecule has 0 spiro atoms. The zero-order valence-electron chi connectivity index (χ0n) is 23.1. The van der Waals surface area contributed by atoms with Gasteiger partial charge in [-0.3, -0.25) is 14.2 Å². The van der Waals surface area contributed by atoms with Crippen LogP contribution in [0.25, 0.3) is 5.69 Å². The minimum atomic E-state index is -4.59. The van der Waals surface area contributed by atoms with Gasteiger partial charge in [0.1, 0.15) is 5.82 Å². The summed E-state index contributed by atoms with van der Waals surface area (Å²) in [7, 11) is 0. The van der Waals surface area contributed by atoms with Crippen molar-refractivity contribution in [2.24, 2.45) is 5.10 Å². The van der Waals surface area contributed by atoms with Crippen molar-refractivity contribution in [3.63, 3.8) is 0 Å². The number of carbonyl (C=O) groups excluding carboxylic acids is 2. The van der Waals surface area contributed by atoms with Crippen molar-refractivity contribution >= 4 is 52.0 Å². The quantitative estimate of drug-likeness (QED) is 0.135. The van der Waals surface area contributed by atoms with Gasteiger partial charge in [0, 0.05) is 6.42 Å². The molecule has 1 aliphatic heterocycles. The molecular formula is C30H22F4N6O2S3. The van der Waals surface area contributed by atoms with Gasteiger partial charge in [0.15, 0.2) is 11.0 Å². The standard InChI is InChI=1S/C30H22F4N6O2S3/c31-20-10-8-18(9-11-20)23-15-22(24-6-2-12-43-24)38-40(23)27(41)17-45-29-37-36-26(16-35-28(42)25-7-3-13-44-25)39(29)21-5-1-4-19(14-21)30(32,33)34/h1-14,23H,15-17H2,(H,35,42). The normalized spacial score (nSPS) is 14.9. The van der Waals surface area contributed by atoms with Crippen molar-refractivity contribution in [3.05, 3.63) is 116 Å². The number of benzene rings is 2. The summed E-state index contributed by atoms with van der Waals surface area (Å²) < 4.78 is 55.8. The Balaban J connectivity index is 1.27. The Hall–Kier alpha value is -4.34. The lowest BCUT2D eigenvalue weighted by atomic mass is 10.0. The smallest absolute Gasteiger partial charge is 0.344 e. The van der Waals surface area contributed by atoms with Crippen LogP contribution in [0.5, 0.6) is 0 Å². The first-order chi connectivity index (χ1) is 21.7. The third kappa shape index (κ3) is 6.84. The molecule has 6 rings (SSSR count). The lowest BCUT2D eigenvalue weighted by molar-refractivity contribution is -0.137. The van der Waals surface area contributed by atoms with Crippen LogP contribution in [0.4, 0.5) is 17.6 Å². The second kappa shape index (κ2) is 12.9. The van der Waals surface area contributed by atoms with Gasteiger partial charge in [-0.05, 0) is 58.8 Å². The molecule has 45 heavy (non-hydrogen) atoms. The highest BCUT2D eigenvalue weighted by Gasteiger charge is 2.34. The maximum atomic E-state index is 13.7. The molecule has 1 N–H and O–H groups in total. The van der Waals surface area contributed by atoms with E-state index in [1.54, 1.807) is 29.6 Å². The Kier molecular flexibility index (Phi) is 8.83. The van der Waals surface area contributed by atoms with Crippen LogP contribution < -0.4 is 5.32 Å². The van der Waals surface area contributed by atoms with Gasteiger partial charge in [0.2, 0.25) is 0 Å². The van der Waals surface area contributed by atoms with E-state index < -0.39 is 23.6 Å². The molecule has 3 aromatic heterocycles. The molecule has 230 valence electrons. The van der Waals surface area contributed by atoms with E-state index in [4.69, 9.17) is 0 Å². The first kappa shape index (κ1) is 30.7. The number of thiophene rings is 2. The van der Waals surface area contributed by atoms with Crippen molar-refractivity contribution in [1.82, 2.24) is 25.1 Å². The van der Waals surface area contributed by atoms with E-state index in [1.807, 2.05) is 17.5 Å². The molecule has 8 nitrogen and oxygen atoms in total. The first-order valence-electron chi connectivity index (χ1n) is 13.4. The average molecular weight is 671 g/mol. The van der Waals surface area contributed by atoms with E-state index in [9.17, 15) is 27.2 Å². The fourth-order valence-corrected chi connectivity index (χ4v) is 6.90. The highest BCUT2D eigenvalue weighted by molar-refractivity contribution is 7.99. The lowest BCUT2D eigenvalue weighted by Crippen LogP contribution is -2.28. The van der Waals surface area contributed by atoms with Crippen LogP contribution in [-0.2, 0) is 17.5 Å². The molecule has 4 heterocycles. The van der Waals surface area contributed by atoms with E-state index in [0.717, 1.165) is 28.8 Å². The number of hydrazone groups is 1. The second-order valence-corrected chi connectivity index (χ2v) is 12.6. The number of aromatic nitrogens is 3. The third-order valence-corrected chi connectivity index (χ3v) is 9.54. The van der Waals surface area contributed by atoms with E-state index in [1.165, 1.54) is 56.5 Å². The highest BCUT2D eigenvalue weighted by atomic mass is 32.2. The van der Waals surface area contributed by atoms with Gasteiger partial charge >= 0.3 is 6.18 Å². The molecule has 0 aliphatic carbocycles. The van der Waals surface area contributed by atoms with E-state index in [-0.39, 0.29) is 40.8 Å². The van der Waals surface area contributed by atoms with Crippen LogP contribution in [0.2, 0.25) is 0 Å². The molecule has 1 unspecified atom stereocenters. The Morgan fingerprint density at radius 3 is 2.47 bits per heavy atom. The summed E-state index contributed by atoms with van der Waals surface area (Å²) in [5.41, 5.74) is 0.673. The molecule has 15 heteroatoms. The average Bonchev–Trinajstić information content (AvgIpc) is 3.85. The molecule has 0 fully saturated rings. The van der Waals surface area contributed by atoms with E-state index in [0.29, 0.717) is 22.6 Å². The molecule has 1 aliphatic rings. The summed E-state index contributed by atoms with van der Waals surface area (Å²) in [6.07, 6.45) is -4.17. The minimum Gasteiger partial charge on any atom is -0.344 e. The monoisotopic (exact) mass is 670 g/mol. The van der Waals surface area contributed by atoms with Crippen LogP contribution in [0.3, 0.4) is 0 Å². The number of amides is 2. The van der Waals surface area contributed by atoms with Gasteiger partial charge in [-0.2, -0.15) is 18.3 Å². The predicted octanol–water partition coefficient (Wildman–Crippen LogP) is 6.95. The van der Waals surface area contributed by atoms with Crippen molar-refractivity contribution in [1.29, 1.82) is 0 Å². The number of halogens is 4. The van der Waals surface area contributed by atoms with Crippen LogP contribution in [0.15, 0.2) is 93.8 Å². The molecule has 2 amide bonds. The van der Waals surface area contributed by atoms with Crippen molar-refractivity contribution in [3.8, 4) is 5.69 Å². The molecule has 0 saturated carbocycles. The number of alkyl halides is 3. The fourth-order valence-electron chi connectivity index (χ4n) is 4.71. The number of nitrogens with one attached hydrogen (secondary N) is 1. The topological polar surface area (TPSA) is 92.5 Å². The van der Waals surface area contributed by atoms with Crippen molar-refractivity contribution < 1.29 is 27.2 Å². The van der Waals surface area contributed by atoms with Crippen molar-refractivity contribution in [2.45, 2.75) is 30.3 Å². The van der Waals surface area contributed by atoms with Gasteiger partial charge in [-0.15, -0.1) is 32.9 Å². The minimum absolute atomic E-state index is 0.119. The summed E-state index contributed by atoms with van der Waals surface area (Å²) in [6.45, 7) is -0.123. The molecule has 0 bridgehead atoms. The molecule has 0 radical (unpaired) electrons. The Morgan fingerprint density at radius 2 is 1.76 bits per heavy atom. The summed E-state index contributed by atoms with van der Waals surface area (Å²) in [5, 5.41) is 20.8. The summed E-state index contributed by atoms with van der Waals surface area (Å²) >= 11 is 3.71. The molecule has 0 saturated heterocycles. The van der Waals surface area contributed by atoms with Crippen LogP contribution in [0.1, 0.15) is 44.0 Å². The molecule has 1 atom stereocenters. The van der Waals surface area contributed by atoms with Gasteiger partial charge in [0.25, 0.3) is 11.8 Å². The Bertz CT molecular complexity index is 1840. The maximum absolute atomic E-state index is 13.7. The number of nitrogens with zero attached hydrogens (tertiary/aromatic N) is 5. The summed E-state index contributed by atoms with van der Waals surface area (Å²) in [4.78, 5) is 27.6. The predicted molar refractivity (Wildman–Crippen MR) is 164 cm³/mol. The summed E-state index contributed by atoms with van der Waals surface area (Å²) in [5.74, 6) is -1.14. The maximum Gasteiger partial charge on any atom is 0.416 e. The Morgan fingerprint density at radius 1 is 0.978 bits per heavy atom. The first-order valence-corrected chi connectivity index (χ1v) is 16.2. The molecular weight excluding hydrogens is 649 g/mol.